The molecule has 0 aromatic carbocycles. The number of carbonyl (C=O) groups excluding carboxylic acids is 1. The summed E-state index contributed by atoms with van der Waals surface area (Å²) in [6, 6.07) is 1.22. The summed E-state index contributed by atoms with van der Waals surface area (Å²) in [7, 11) is 0. The number of amides is 1. The molecule has 15 heavy (non-hydrogen) atoms. The van der Waals surface area contributed by atoms with Gasteiger partial charge in [-0.2, -0.15) is 0 Å². The molecule has 0 aliphatic heterocycles. The van der Waals surface area contributed by atoms with Gasteiger partial charge in [-0.05, 0) is 6.92 Å². The summed E-state index contributed by atoms with van der Waals surface area (Å²) in [6.07, 6.45) is 1.60. The van der Waals surface area contributed by atoms with Crippen molar-refractivity contribution in [2.24, 2.45) is 0 Å². The van der Waals surface area contributed by atoms with Gasteiger partial charge in [0.2, 0.25) is 5.91 Å². The molecule has 1 heterocycles. The molecule has 0 fully saturated rings. The Labute approximate surface area is 92.1 Å². The smallest absolute Gasteiger partial charge is 0.254 e. The average Bonchev–Trinajstić information content (AvgIpc) is 2.17. The van der Waals surface area contributed by atoms with Crippen molar-refractivity contribution < 1.29 is 4.79 Å². The Kier molecular flexibility index (Phi) is 4.30. The molecule has 5 nitrogen and oxygen atoms in total. The standard InChI is InChI=1S/C9H12ClN3O2/c1-2-11-8(14)3-4-13-6-12-7(10)5-9(13)15/h5-6H,2-4H2,1H3,(H,11,14). The Balaban J connectivity index is 2.58. The zero-order valence-corrected chi connectivity index (χ0v) is 9.12. The molecule has 1 N–H and O–H groups in total. The van der Waals surface area contributed by atoms with Gasteiger partial charge in [0.25, 0.3) is 5.56 Å². The molecule has 0 unspecified atom stereocenters. The first-order valence-corrected chi connectivity index (χ1v) is 5.00. The Morgan fingerprint density at radius 3 is 3.00 bits per heavy atom. The monoisotopic (exact) mass is 229 g/mol. The molecule has 0 atom stereocenters. The topological polar surface area (TPSA) is 64.0 Å². The van der Waals surface area contributed by atoms with E-state index in [4.69, 9.17) is 11.6 Å². The van der Waals surface area contributed by atoms with E-state index < -0.39 is 0 Å². The lowest BCUT2D eigenvalue weighted by Crippen LogP contribution is -2.27. The third kappa shape index (κ3) is 3.71. The summed E-state index contributed by atoms with van der Waals surface area (Å²) in [5.74, 6) is -0.0839. The molecular formula is C9H12ClN3O2. The van der Waals surface area contributed by atoms with E-state index in [9.17, 15) is 9.59 Å². The van der Waals surface area contributed by atoms with Crippen molar-refractivity contribution in [1.82, 2.24) is 14.9 Å². The van der Waals surface area contributed by atoms with Crippen molar-refractivity contribution >= 4 is 17.5 Å². The Morgan fingerprint density at radius 1 is 1.67 bits per heavy atom. The molecule has 1 aromatic rings. The van der Waals surface area contributed by atoms with Gasteiger partial charge < -0.3 is 5.32 Å². The van der Waals surface area contributed by atoms with Crippen LogP contribution in [0.4, 0.5) is 0 Å². The van der Waals surface area contributed by atoms with E-state index in [1.807, 2.05) is 6.92 Å². The second-order valence-corrected chi connectivity index (χ2v) is 3.33. The van der Waals surface area contributed by atoms with Crippen LogP contribution in [0.3, 0.4) is 0 Å². The molecule has 82 valence electrons. The molecule has 0 aliphatic carbocycles. The molecular weight excluding hydrogens is 218 g/mol. The molecule has 0 radical (unpaired) electrons. The quantitative estimate of drug-likeness (QED) is 0.762. The molecule has 0 bridgehead atoms. The predicted molar refractivity (Wildman–Crippen MR) is 56.8 cm³/mol. The van der Waals surface area contributed by atoms with Crippen LogP contribution in [0, 0.1) is 0 Å². The van der Waals surface area contributed by atoms with Crippen LogP contribution in [-0.4, -0.2) is 22.0 Å². The van der Waals surface area contributed by atoms with Crippen molar-refractivity contribution in [2.45, 2.75) is 19.9 Å². The second kappa shape index (κ2) is 5.50. The van der Waals surface area contributed by atoms with Gasteiger partial charge in [0.15, 0.2) is 0 Å². The molecule has 0 spiro atoms. The van der Waals surface area contributed by atoms with Crippen LogP contribution in [0.15, 0.2) is 17.2 Å². The molecule has 1 amide bonds. The van der Waals surface area contributed by atoms with Crippen molar-refractivity contribution in [2.75, 3.05) is 6.54 Å². The van der Waals surface area contributed by atoms with Crippen LogP contribution in [0.25, 0.3) is 0 Å². The van der Waals surface area contributed by atoms with Crippen LogP contribution >= 0.6 is 11.6 Å². The average molecular weight is 230 g/mol. The number of carbonyl (C=O) groups is 1. The zero-order chi connectivity index (χ0) is 11.3. The fourth-order valence-corrected chi connectivity index (χ4v) is 1.22. The summed E-state index contributed by atoms with van der Waals surface area (Å²) in [5.41, 5.74) is -0.251. The van der Waals surface area contributed by atoms with Crippen LogP contribution in [-0.2, 0) is 11.3 Å². The van der Waals surface area contributed by atoms with E-state index >= 15 is 0 Å². The molecule has 0 aliphatic rings. The van der Waals surface area contributed by atoms with Gasteiger partial charge in [-0.1, -0.05) is 11.6 Å². The van der Waals surface area contributed by atoms with Crippen molar-refractivity contribution in [3.8, 4) is 0 Å². The third-order valence-corrected chi connectivity index (χ3v) is 2.01. The summed E-state index contributed by atoms with van der Waals surface area (Å²) < 4.78 is 1.35. The highest BCUT2D eigenvalue weighted by atomic mass is 35.5. The summed E-state index contributed by atoms with van der Waals surface area (Å²) >= 11 is 5.53. The first-order valence-electron chi connectivity index (χ1n) is 4.62. The number of hydrogen-bond acceptors (Lipinski definition) is 3. The predicted octanol–water partition coefficient (Wildman–Crippen LogP) is 0.423. The second-order valence-electron chi connectivity index (χ2n) is 2.95. The van der Waals surface area contributed by atoms with Gasteiger partial charge in [0.1, 0.15) is 5.15 Å². The van der Waals surface area contributed by atoms with Gasteiger partial charge in [-0.3, -0.25) is 14.2 Å². The number of halogens is 1. The lowest BCUT2D eigenvalue weighted by molar-refractivity contribution is -0.121. The lowest BCUT2D eigenvalue weighted by Gasteiger charge is -2.04. The number of hydrogen-bond donors (Lipinski definition) is 1. The Hall–Kier alpha value is -1.36. The van der Waals surface area contributed by atoms with Gasteiger partial charge >= 0.3 is 0 Å². The van der Waals surface area contributed by atoms with Gasteiger partial charge in [-0.15, -0.1) is 0 Å². The maximum Gasteiger partial charge on any atom is 0.254 e. The van der Waals surface area contributed by atoms with Crippen LogP contribution < -0.4 is 10.9 Å². The SMILES string of the molecule is CCNC(=O)CCn1cnc(Cl)cc1=O. The molecule has 0 saturated carbocycles. The maximum atomic E-state index is 11.3. The molecule has 6 heteroatoms. The highest BCUT2D eigenvalue weighted by molar-refractivity contribution is 6.29. The van der Waals surface area contributed by atoms with Crippen molar-refractivity contribution in [3.63, 3.8) is 0 Å². The lowest BCUT2D eigenvalue weighted by atomic mass is 10.4. The van der Waals surface area contributed by atoms with Gasteiger partial charge in [0, 0.05) is 25.6 Å². The molecule has 1 aromatic heterocycles. The normalized spacial score (nSPS) is 10.0. The first-order chi connectivity index (χ1) is 7.13. The highest BCUT2D eigenvalue weighted by Crippen LogP contribution is 1.96. The highest BCUT2D eigenvalue weighted by Gasteiger charge is 2.02. The van der Waals surface area contributed by atoms with E-state index in [0.717, 1.165) is 0 Å². The van der Waals surface area contributed by atoms with E-state index in [2.05, 4.69) is 10.3 Å². The Bertz CT molecular complexity index is 403. The minimum atomic E-state index is -0.251. The number of nitrogens with one attached hydrogen (secondary N) is 1. The van der Waals surface area contributed by atoms with Gasteiger partial charge in [-0.25, -0.2) is 4.98 Å². The number of aryl methyl sites for hydroxylation is 1. The molecule has 0 saturated heterocycles. The summed E-state index contributed by atoms with van der Waals surface area (Å²) in [4.78, 5) is 26.2. The van der Waals surface area contributed by atoms with E-state index in [1.54, 1.807) is 0 Å². The number of nitrogens with zero attached hydrogens (tertiary/aromatic N) is 2. The first kappa shape index (κ1) is 11.7. The van der Waals surface area contributed by atoms with Crippen LogP contribution in [0.1, 0.15) is 13.3 Å². The van der Waals surface area contributed by atoms with E-state index in [1.165, 1.54) is 17.0 Å². The van der Waals surface area contributed by atoms with Crippen LogP contribution in [0.2, 0.25) is 5.15 Å². The minimum Gasteiger partial charge on any atom is -0.356 e. The summed E-state index contributed by atoms with van der Waals surface area (Å²) in [5, 5.41) is 2.81. The fourth-order valence-electron chi connectivity index (χ4n) is 1.08. The van der Waals surface area contributed by atoms with Crippen LogP contribution in [0.5, 0.6) is 0 Å². The van der Waals surface area contributed by atoms with Crippen molar-refractivity contribution in [3.05, 3.63) is 27.9 Å². The number of rotatable bonds is 4. The van der Waals surface area contributed by atoms with E-state index in [0.29, 0.717) is 13.1 Å². The van der Waals surface area contributed by atoms with Crippen molar-refractivity contribution in [1.29, 1.82) is 0 Å². The largest absolute Gasteiger partial charge is 0.356 e. The van der Waals surface area contributed by atoms with E-state index in [-0.39, 0.29) is 23.0 Å². The molecule has 1 rings (SSSR count). The number of aromatic nitrogens is 2. The third-order valence-electron chi connectivity index (χ3n) is 1.80. The van der Waals surface area contributed by atoms with Gasteiger partial charge in [0.05, 0.1) is 6.33 Å². The minimum absolute atomic E-state index is 0.0839. The fraction of sp³-hybridized carbons (Fsp3) is 0.444. The summed E-state index contributed by atoms with van der Waals surface area (Å²) in [6.45, 7) is 2.75. The maximum absolute atomic E-state index is 11.3. The Morgan fingerprint density at radius 2 is 2.40 bits per heavy atom. The zero-order valence-electron chi connectivity index (χ0n) is 8.36.